The monoisotopic (exact) mass is 420 g/mol. The highest BCUT2D eigenvalue weighted by molar-refractivity contribution is 6.18. The number of carbonyl (C=O) groups excluding carboxylic acids is 2. The van der Waals surface area contributed by atoms with Crippen LogP contribution in [0.15, 0.2) is 96.3 Å². The third kappa shape index (κ3) is 3.54. The Kier molecular flexibility index (Phi) is 4.98. The van der Waals surface area contributed by atoms with Gasteiger partial charge < -0.3 is 10.6 Å². The van der Waals surface area contributed by atoms with E-state index in [-0.39, 0.29) is 11.6 Å². The molecule has 0 saturated heterocycles. The number of anilines is 2. The van der Waals surface area contributed by atoms with Crippen LogP contribution in [0.5, 0.6) is 0 Å². The van der Waals surface area contributed by atoms with E-state index in [4.69, 9.17) is 0 Å². The van der Waals surface area contributed by atoms with Crippen molar-refractivity contribution in [3.05, 3.63) is 119 Å². The molecule has 0 aliphatic heterocycles. The maximum Gasteiger partial charge on any atom is 0.173 e. The maximum atomic E-state index is 13.6. The number of nitrogens with one attached hydrogen (secondary N) is 2. The summed E-state index contributed by atoms with van der Waals surface area (Å²) in [5.74, 6) is -1.17. The molecule has 32 heavy (non-hydrogen) atoms. The van der Waals surface area contributed by atoms with Crippen LogP contribution in [0.3, 0.4) is 0 Å². The minimum atomic E-state index is -0.600. The Bertz CT molecular complexity index is 1270. The van der Waals surface area contributed by atoms with Gasteiger partial charge >= 0.3 is 0 Å². The second kappa shape index (κ2) is 7.97. The lowest BCUT2D eigenvalue weighted by atomic mass is 9.70. The van der Waals surface area contributed by atoms with Crippen molar-refractivity contribution < 1.29 is 9.59 Å². The van der Waals surface area contributed by atoms with Gasteiger partial charge in [-0.05, 0) is 44.2 Å². The SMILES string of the molecule is Cc1ccc(NC2=C(Nc3ccc(C)cc3)C3C(=O)c4ccccc4C(=O)C3C=C2)cc1. The molecule has 2 atom stereocenters. The van der Waals surface area contributed by atoms with Gasteiger partial charge in [0.15, 0.2) is 11.6 Å². The number of allylic oxidation sites excluding steroid dienone is 3. The van der Waals surface area contributed by atoms with Gasteiger partial charge in [0.1, 0.15) is 0 Å². The van der Waals surface area contributed by atoms with E-state index < -0.39 is 11.8 Å². The first kappa shape index (κ1) is 20.0. The van der Waals surface area contributed by atoms with Gasteiger partial charge in [0.05, 0.1) is 23.2 Å². The van der Waals surface area contributed by atoms with Crippen molar-refractivity contribution >= 4 is 22.9 Å². The Morgan fingerprint density at radius 3 is 1.78 bits per heavy atom. The van der Waals surface area contributed by atoms with Crippen LogP contribution in [-0.2, 0) is 0 Å². The van der Waals surface area contributed by atoms with Gasteiger partial charge in [-0.3, -0.25) is 9.59 Å². The molecular formula is C28H24N2O2. The number of aryl methyl sites for hydroxylation is 2. The standard InChI is InChI=1S/C28H24N2O2/c1-17-7-11-19(12-8-17)29-24-16-15-23-25(26(24)30-20-13-9-18(2)10-14-20)28(32)22-6-4-3-5-21(22)27(23)31/h3-16,23,25,29-30H,1-2H3. The molecule has 158 valence electrons. The number of hydrogen-bond acceptors (Lipinski definition) is 4. The van der Waals surface area contributed by atoms with Crippen molar-refractivity contribution in [2.45, 2.75) is 13.8 Å². The summed E-state index contributed by atoms with van der Waals surface area (Å²) in [6, 6.07) is 23.2. The summed E-state index contributed by atoms with van der Waals surface area (Å²) >= 11 is 0. The van der Waals surface area contributed by atoms with Crippen molar-refractivity contribution in [2.75, 3.05) is 10.6 Å². The van der Waals surface area contributed by atoms with E-state index in [9.17, 15) is 9.59 Å². The highest BCUT2D eigenvalue weighted by atomic mass is 16.1. The summed E-state index contributed by atoms with van der Waals surface area (Å²) in [5.41, 5.74) is 6.63. The summed E-state index contributed by atoms with van der Waals surface area (Å²) in [6.07, 6.45) is 3.77. The van der Waals surface area contributed by atoms with Crippen molar-refractivity contribution in [3.63, 3.8) is 0 Å². The smallest absolute Gasteiger partial charge is 0.173 e. The molecule has 0 saturated carbocycles. The van der Waals surface area contributed by atoms with Crippen molar-refractivity contribution in [3.8, 4) is 0 Å². The molecule has 0 amide bonds. The maximum absolute atomic E-state index is 13.6. The molecule has 4 nitrogen and oxygen atoms in total. The Hall–Kier alpha value is -3.92. The van der Waals surface area contributed by atoms with Crippen LogP contribution in [0.25, 0.3) is 0 Å². The van der Waals surface area contributed by atoms with Gasteiger partial charge in [-0.2, -0.15) is 0 Å². The topological polar surface area (TPSA) is 58.2 Å². The third-order valence-corrected chi connectivity index (χ3v) is 6.13. The average Bonchev–Trinajstić information content (AvgIpc) is 2.81. The molecule has 5 rings (SSSR count). The van der Waals surface area contributed by atoms with Gasteiger partial charge in [0, 0.05) is 22.5 Å². The lowest BCUT2D eigenvalue weighted by Crippen LogP contribution is -2.40. The molecule has 2 N–H and O–H groups in total. The number of rotatable bonds is 4. The second-order valence-corrected chi connectivity index (χ2v) is 8.45. The van der Waals surface area contributed by atoms with E-state index in [1.807, 2.05) is 86.7 Å². The number of benzene rings is 3. The van der Waals surface area contributed by atoms with Crippen LogP contribution in [0, 0.1) is 25.7 Å². The predicted octanol–water partition coefficient (Wildman–Crippen LogP) is 5.92. The average molecular weight is 421 g/mol. The number of Topliss-reactive ketones (excluding diaryl/α,β-unsaturated/α-hetero) is 2. The summed E-state index contributed by atoms with van der Waals surface area (Å²) < 4.78 is 0. The molecule has 0 aromatic heterocycles. The number of carbonyl (C=O) groups is 2. The van der Waals surface area contributed by atoms with E-state index >= 15 is 0 Å². The summed E-state index contributed by atoms with van der Waals surface area (Å²) in [7, 11) is 0. The van der Waals surface area contributed by atoms with Crippen LogP contribution in [0.4, 0.5) is 11.4 Å². The van der Waals surface area contributed by atoms with E-state index in [1.54, 1.807) is 12.1 Å². The third-order valence-electron chi connectivity index (χ3n) is 6.13. The van der Waals surface area contributed by atoms with E-state index in [1.165, 1.54) is 5.56 Å². The first-order valence-corrected chi connectivity index (χ1v) is 10.8. The second-order valence-electron chi connectivity index (χ2n) is 8.45. The Morgan fingerprint density at radius 1 is 0.656 bits per heavy atom. The molecule has 0 spiro atoms. The molecule has 3 aromatic rings. The largest absolute Gasteiger partial charge is 0.357 e. The fourth-order valence-corrected chi connectivity index (χ4v) is 4.38. The van der Waals surface area contributed by atoms with Crippen LogP contribution < -0.4 is 10.6 Å². The van der Waals surface area contributed by atoms with Crippen LogP contribution >= 0.6 is 0 Å². The van der Waals surface area contributed by atoms with Gasteiger partial charge in [0.2, 0.25) is 0 Å². The molecule has 4 heteroatoms. The van der Waals surface area contributed by atoms with Crippen molar-refractivity contribution in [2.24, 2.45) is 11.8 Å². The summed E-state index contributed by atoms with van der Waals surface area (Å²) in [5, 5.41) is 6.91. The molecule has 0 radical (unpaired) electrons. The highest BCUT2D eigenvalue weighted by Gasteiger charge is 2.44. The fraction of sp³-hybridized carbons (Fsp3) is 0.143. The van der Waals surface area contributed by atoms with Crippen LogP contribution in [0.1, 0.15) is 31.8 Å². The Morgan fingerprint density at radius 2 is 1.19 bits per heavy atom. The molecular weight excluding hydrogens is 396 g/mol. The highest BCUT2D eigenvalue weighted by Crippen LogP contribution is 2.40. The quantitative estimate of drug-likeness (QED) is 0.550. The zero-order valence-corrected chi connectivity index (χ0v) is 18.1. The molecule has 0 fully saturated rings. The van der Waals surface area contributed by atoms with Crippen molar-refractivity contribution in [1.29, 1.82) is 0 Å². The van der Waals surface area contributed by atoms with E-state index in [2.05, 4.69) is 10.6 Å². The number of ketones is 2. The van der Waals surface area contributed by atoms with Crippen LogP contribution in [-0.4, -0.2) is 11.6 Å². The predicted molar refractivity (Wildman–Crippen MR) is 128 cm³/mol. The Balaban J connectivity index is 1.61. The lowest BCUT2D eigenvalue weighted by Gasteiger charge is -2.35. The van der Waals surface area contributed by atoms with Gasteiger partial charge in [-0.25, -0.2) is 0 Å². The Labute approximate surface area is 187 Å². The number of fused-ring (bicyclic) bond motifs is 2. The van der Waals surface area contributed by atoms with E-state index in [0.29, 0.717) is 11.1 Å². The zero-order valence-electron chi connectivity index (χ0n) is 18.1. The lowest BCUT2D eigenvalue weighted by molar-refractivity contribution is 0.0794. The zero-order chi connectivity index (χ0) is 22.2. The van der Waals surface area contributed by atoms with Gasteiger partial charge in [-0.1, -0.05) is 65.7 Å². The van der Waals surface area contributed by atoms with Crippen molar-refractivity contribution in [1.82, 2.24) is 0 Å². The fourth-order valence-electron chi connectivity index (χ4n) is 4.38. The first-order valence-electron chi connectivity index (χ1n) is 10.8. The molecule has 2 aliphatic rings. The minimum absolute atomic E-state index is 0.0148. The van der Waals surface area contributed by atoms with E-state index in [0.717, 1.165) is 28.3 Å². The summed E-state index contributed by atoms with van der Waals surface area (Å²) in [4.78, 5) is 26.9. The van der Waals surface area contributed by atoms with Crippen LogP contribution in [0.2, 0.25) is 0 Å². The minimum Gasteiger partial charge on any atom is -0.357 e. The molecule has 3 aromatic carbocycles. The summed E-state index contributed by atoms with van der Waals surface area (Å²) in [6.45, 7) is 4.08. The molecule has 2 aliphatic carbocycles. The first-order chi connectivity index (χ1) is 15.5. The van der Waals surface area contributed by atoms with Gasteiger partial charge in [-0.15, -0.1) is 0 Å². The normalized spacial score (nSPS) is 19.4. The number of hydrogen-bond donors (Lipinski definition) is 2. The molecule has 2 unspecified atom stereocenters. The van der Waals surface area contributed by atoms with Gasteiger partial charge in [0.25, 0.3) is 0 Å². The molecule has 0 bridgehead atoms. The molecule has 0 heterocycles.